The molecule has 0 N–H and O–H groups in total. The van der Waals surface area contributed by atoms with Gasteiger partial charge < -0.3 is 4.74 Å². The quantitative estimate of drug-likeness (QED) is 0.476. The van der Waals surface area contributed by atoms with Gasteiger partial charge in [0.25, 0.3) is 0 Å². The fraction of sp³-hybridized carbons (Fsp3) is 0.667. The van der Waals surface area contributed by atoms with Crippen LogP contribution in [0.5, 0.6) is 0 Å². The van der Waals surface area contributed by atoms with Crippen LogP contribution in [-0.4, -0.2) is 19.2 Å². The van der Waals surface area contributed by atoms with Gasteiger partial charge in [-0.2, -0.15) is 0 Å². The minimum atomic E-state index is -0.157. The standard InChI is InChI=1S/C3H6BrO2P/c1-6-3(5)2-7-4/h7H,2H2,1H3. The van der Waals surface area contributed by atoms with E-state index in [2.05, 4.69) is 20.2 Å². The Balaban J connectivity index is 3.00. The first-order valence-corrected chi connectivity index (χ1v) is 5.18. The van der Waals surface area contributed by atoms with Crippen LogP contribution in [0.3, 0.4) is 0 Å². The predicted molar refractivity (Wildman–Crippen MR) is 34.1 cm³/mol. The van der Waals surface area contributed by atoms with Crippen LogP contribution in [0.2, 0.25) is 0 Å². The summed E-state index contributed by atoms with van der Waals surface area (Å²) >= 11 is 3.12. The molecule has 0 amide bonds. The van der Waals surface area contributed by atoms with Crippen molar-refractivity contribution in [1.82, 2.24) is 0 Å². The number of hydrogen-bond acceptors (Lipinski definition) is 2. The molecule has 0 saturated heterocycles. The smallest absolute Gasteiger partial charge is 0.310 e. The molecule has 0 bridgehead atoms. The maximum Gasteiger partial charge on any atom is 0.310 e. The molecule has 0 radical (unpaired) electrons. The van der Waals surface area contributed by atoms with E-state index < -0.39 is 0 Å². The monoisotopic (exact) mass is 184 g/mol. The number of hydrogen-bond donors (Lipinski definition) is 0. The Morgan fingerprint density at radius 3 is 2.71 bits per heavy atom. The lowest BCUT2D eigenvalue weighted by molar-refractivity contribution is -0.137. The highest BCUT2D eigenvalue weighted by atomic mass is 79.9. The summed E-state index contributed by atoms with van der Waals surface area (Å²) in [6.07, 6.45) is 0.483. The van der Waals surface area contributed by atoms with Crippen LogP contribution in [-0.2, 0) is 9.53 Å². The van der Waals surface area contributed by atoms with E-state index in [9.17, 15) is 4.79 Å². The number of esters is 1. The number of methoxy groups -OCH3 is 1. The topological polar surface area (TPSA) is 26.3 Å². The Labute approximate surface area is 52.1 Å². The summed E-state index contributed by atoms with van der Waals surface area (Å²) in [5.74, 6) is -0.157. The molecule has 0 aliphatic heterocycles. The van der Waals surface area contributed by atoms with Crippen molar-refractivity contribution in [3.05, 3.63) is 0 Å². The Morgan fingerprint density at radius 1 is 2.00 bits per heavy atom. The van der Waals surface area contributed by atoms with E-state index in [1.165, 1.54) is 7.11 Å². The number of rotatable bonds is 2. The van der Waals surface area contributed by atoms with Crippen LogP contribution < -0.4 is 0 Å². The molecule has 0 aromatic rings. The molecule has 0 aromatic heterocycles. The van der Waals surface area contributed by atoms with Crippen molar-refractivity contribution in [1.29, 1.82) is 0 Å². The van der Waals surface area contributed by atoms with E-state index >= 15 is 0 Å². The molecular weight excluding hydrogens is 179 g/mol. The van der Waals surface area contributed by atoms with E-state index in [4.69, 9.17) is 0 Å². The van der Waals surface area contributed by atoms with Crippen molar-refractivity contribution in [3.63, 3.8) is 0 Å². The fourth-order valence-corrected chi connectivity index (χ4v) is 1.07. The first-order valence-electron chi connectivity index (χ1n) is 1.71. The van der Waals surface area contributed by atoms with Crippen LogP contribution in [0.25, 0.3) is 0 Å². The average molecular weight is 185 g/mol. The summed E-state index contributed by atoms with van der Waals surface area (Å²) in [6.45, 7) is 0. The third-order valence-electron chi connectivity index (χ3n) is 0.439. The summed E-state index contributed by atoms with van der Waals surface area (Å²) < 4.78 is 4.33. The maximum absolute atomic E-state index is 10.2. The van der Waals surface area contributed by atoms with E-state index in [1.807, 2.05) is 0 Å². The van der Waals surface area contributed by atoms with Crippen LogP contribution in [0.15, 0.2) is 0 Å². The van der Waals surface area contributed by atoms with Gasteiger partial charge in [-0.25, -0.2) is 0 Å². The zero-order valence-electron chi connectivity index (χ0n) is 3.90. The molecule has 0 spiro atoms. The molecular formula is C3H6BrO2P. The zero-order chi connectivity index (χ0) is 5.70. The van der Waals surface area contributed by atoms with Crippen molar-refractivity contribution < 1.29 is 9.53 Å². The average Bonchev–Trinajstić information content (AvgIpc) is 1.68. The summed E-state index contributed by atoms with van der Waals surface area (Å²) in [6, 6.07) is 0. The summed E-state index contributed by atoms with van der Waals surface area (Å²) in [5, 5.41) is 0. The van der Waals surface area contributed by atoms with Gasteiger partial charge in [0.05, 0.1) is 13.3 Å². The summed E-state index contributed by atoms with van der Waals surface area (Å²) in [5.41, 5.74) is 0. The highest BCUT2D eigenvalue weighted by Crippen LogP contribution is 2.18. The van der Waals surface area contributed by atoms with Gasteiger partial charge in [-0.3, -0.25) is 4.79 Å². The van der Waals surface area contributed by atoms with Gasteiger partial charge in [0.2, 0.25) is 0 Å². The van der Waals surface area contributed by atoms with Crippen LogP contribution in [0, 0.1) is 0 Å². The van der Waals surface area contributed by atoms with Crippen LogP contribution >= 0.6 is 22.8 Å². The lowest BCUT2D eigenvalue weighted by atomic mass is 10.8. The van der Waals surface area contributed by atoms with E-state index in [0.717, 1.165) is 0 Å². The van der Waals surface area contributed by atoms with Crippen LogP contribution in [0.1, 0.15) is 0 Å². The third-order valence-corrected chi connectivity index (χ3v) is 1.70. The van der Waals surface area contributed by atoms with E-state index in [0.29, 0.717) is 13.4 Å². The van der Waals surface area contributed by atoms with E-state index in [1.54, 1.807) is 0 Å². The van der Waals surface area contributed by atoms with Crippen molar-refractivity contribution >= 4 is 28.7 Å². The molecule has 4 heteroatoms. The Bertz CT molecular complexity index is 66.0. The Hall–Kier alpha value is 0.380. The van der Waals surface area contributed by atoms with Crippen molar-refractivity contribution in [3.8, 4) is 0 Å². The molecule has 0 heterocycles. The van der Waals surface area contributed by atoms with Gasteiger partial charge in [-0.1, -0.05) is 15.5 Å². The van der Waals surface area contributed by atoms with Gasteiger partial charge in [-0.15, -0.1) is 0 Å². The number of halogens is 1. The van der Waals surface area contributed by atoms with Crippen molar-refractivity contribution in [2.24, 2.45) is 0 Å². The van der Waals surface area contributed by atoms with Gasteiger partial charge >= 0.3 is 5.97 Å². The summed E-state index contributed by atoms with van der Waals surface area (Å²) in [4.78, 5) is 10.2. The second-order valence-corrected chi connectivity index (χ2v) is 3.19. The molecule has 0 aliphatic rings. The lowest BCUT2D eigenvalue weighted by Crippen LogP contribution is -2.00. The highest BCUT2D eigenvalue weighted by Gasteiger charge is 1.93. The predicted octanol–water partition coefficient (Wildman–Crippen LogP) is 1.15. The van der Waals surface area contributed by atoms with E-state index in [-0.39, 0.29) is 5.97 Å². The lowest BCUT2D eigenvalue weighted by Gasteiger charge is -1.90. The second-order valence-electron chi connectivity index (χ2n) is 0.887. The molecule has 0 aromatic carbocycles. The van der Waals surface area contributed by atoms with Gasteiger partial charge in [0, 0.05) is 0 Å². The SMILES string of the molecule is COC(=O)CPBr. The first kappa shape index (κ1) is 7.38. The molecule has 0 rings (SSSR count). The highest BCUT2D eigenvalue weighted by molar-refractivity contribution is 9.36. The molecule has 7 heavy (non-hydrogen) atoms. The van der Waals surface area contributed by atoms with Crippen molar-refractivity contribution in [2.45, 2.75) is 0 Å². The first-order chi connectivity index (χ1) is 3.31. The van der Waals surface area contributed by atoms with Gasteiger partial charge in [0.1, 0.15) is 0 Å². The number of carbonyl (C=O) groups is 1. The van der Waals surface area contributed by atoms with Crippen molar-refractivity contribution in [2.75, 3.05) is 13.3 Å². The molecule has 1 atom stereocenters. The third kappa shape index (κ3) is 4.23. The molecule has 0 aliphatic carbocycles. The summed E-state index contributed by atoms with van der Waals surface area (Å²) in [7, 11) is 1.87. The number of ether oxygens (including phenoxy) is 1. The largest absolute Gasteiger partial charge is 0.469 e. The number of carbonyl (C=O) groups excluding carboxylic acids is 1. The molecule has 0 saturated carbocycles. The molecule has 0 fully saturated rings. The van der Waals surface area contributed by atoms with Gasteiger partial charge in [0.15, 0.2) is 0 Å². The minimum Gasteiger partial charge on any atom is -0.469 e. The minimum absolute atomic E-state index is 0.157. The Kier molecular flexibility index (Phi) is 4.78. The fourth-order valence-electron chi connectivity index (χ4n) is 0.127. The van der Waals surface area contributed by atoms with Crippen LogP contribution in [0.4, 0.5) is 0 Å². The molecule has 42 valence electrons. The molecule has 1 unspecified atom stereocenters. The maximum atomic E-state index is 10.2. The normalized spacial score (nSPS) is 10.0. The molecule has 2 nitrogen and oxygen atoms in total. The zero-order valence-corrected chi connectivity index (χ0v) is 6.49. The van der Waals surface area contributed by atoms with Gasteiger partial charge in [-0.05, 0) is 7.28 Å². The Morgan fingerprint density at radius 2 is 2.57 bits per heavy atom. The second kappa shape index (κ2) is 4.54.